The molecule has 0 aliphatic rings. The molecule has 8 nitrogen and oxygen atoms in total. The highest BCUT2D eigenvalue weighted by Gasteiger charge is 2.28. The summed E-state index contributed by atoms with van der Waals surface area (Å²) >= 11 is 1.53. The summed E-state index contributed by atoms with van der Waals surface area (Å²) in [6.45, 7) is 1.79. The molecule has 0 spiro atoms. The van der Waals surface area contributed by atoms with Crippen molar-refractivity contribution in [3.05, 3.63) is 77.3 Å². The molecule has 0 radical (unpaired) electrons. The third kappa shape index (κ3) is 4.08. The number of carbonyl (C=O) groups excluding carboxylic acids is 3. The normalized spacial score (nSPS) is 11.9. The smallest absolute Gasteiger partial charge is 0.288 e. The van der Waals surface area contributed by atoms with Crippen LogP contribution in [0.15, 0.2) is 60.2 Å². The van der Waals surface area contributed by atoms with E-state index in [9.17, 15) is 14.4 Å². The van der Waals surface area contributed by atoms with Gasteiger partial charge in [0.05, 0.1) is 0 Å². The average molecular weight is 433 g/mol. The van der Waals surface area contributed by atoms with Crippen LogP contribution in [-0.4, -0.2) is 38.2 Å². The summed E-state index contributed by atoms with van der Waals surface area (Å²) in [5.41, 5.74) is 6.80. The number of rotatable bonds is 7. The fourth-order valence-electron chi connectivity index (χ4n) is 3.39. The minimum absolute atomic E-state index is 0.0636. The number of primary amides is 1. The van der Waals surface area contributed by atoms with Crippen molar-refractivity contribution in [3.63, 3.8) is 0 Å². The number of Topliss-reactive ketones (excluding diaryl/α,β-unsaturated/α-hetero) is 1. The summed E-state index contributed by atoms with van der Waals surface area (Å²) in [6, 6.07) is 11.9. The first-order valence-corrected chi connectivity index (χ1v) is 10.4. The largest absolute Gasteiger partial charge is 0.363 e. The highest BCUT2D eigenvalue weighted by molar-refractivity contribution is 7.17. The first kappa shape index (κ1) is 20.4. The van der Waals surface area contributed by atoms with E-state index in [0.717, 1.165) is 15.6 Å². The summed E-state index contributed by atoms with van der Waals surface area (Å²) in [5, 5.41) is 5.53. The van der Waals surface area contributed by atoms with Crippen LogP contribution < -0.4 is 11.1 Å². The van der Waals surface area contributed by atoms with Crippen LogP contribution in [0.5, 0.6) is 0 Å². The summed E-state index contributed by atoms with van der Waals surface area (Å²) in [4.78, 5) is 45.6. The Balaban J connectivity index is 1.65. The Morgan fingerprint density at radius 1 is 1.13 bits per heavy atom. The number of benzene rings is 1. The molecule has 1 atom stereocenters. The molecule has 3 N–H and O–H groups in total. The molecule has 4 aromatic rings. The predicted molar refractivity (Wildman–Crippen MR) is 117 cm³/mol. The minimum atomic E-state index is -1.11. The van der Waals surface area contributed by atoms with Crippen LogP contribution in [0, 0.1) is 6.92 Å². The van der Waals surface area contributed by atoms with Crippen LogP contribution in [0.2, 0.25) is 0 Å². The maximum atomic E-state index is 13.1. The number of pyridine rings is 1. The van der Waals surface area contributed by atoms with Gasteiger partial charge in [-0.2, -0.15) is 0 Å². The first-order chi connectivity index (χ1) is 15.0. The molecule has 4 rings (SSSR count). The number of fused-ring (bicyclic) bond motifs is 1. The van der Waals surface area contributed by atoms with Gasteiger partial charge in [-0.25, -0.2) is 9.97 Å². The Kier molecular flexibility index (Phi) is 5.59. The van der Waals surface area contributed by atoms with E-state index in [1.807, 2.05) is 29.6 Å². The number of nitrogens with zero attached hydrogens (tertiary/aromatic N) is 3. The molecule has 3 aromatic heterocycles. The number of ketones is 1. The topological polar surface area (TPSA) is 120 Å². The number of carbonyl (C=O) groups is 3. The van der Waals surface area contributed by atoms with E-state index >= 15 is 0 Å². The molecule has 1 unspecified atom stereocenters. The SMILES string of the molecule is Cc1cnc(C(=O)NC(Cc2csc3ccccc23)C(=O)C(N)=O)n1-c1ccccn1. The number of nitrogens with one attached hydrogen (secondary N) is 1. The van der Waals surface area contributed by atoms with E-state index in [1.165, 1.54) is 11.3 Å². The van der Waals surface area contributed by atoms with E-state index in [0.29, 0.717) is 11.5 Å². The Labute approximate surface area is 181 Å². The van der Waals surface area contributed by atoms with Crippen LogP contribution in [0.3, 0.4) is 0 Å². The molecule has 0 aliphatic carbocycles. The Morgan fingerprint density at radius 3 is 2.65 bits per heavy atom. The second-order valence-electron chi connectivity index (χ2n) is 6.96. The molecule has 3 heterocycles. The molecule has 0 saturated heterocycles. The molecule has 2 amide bonds. The predicted octanol–water partition coefficient (Wildman–Crippen LogP) is 2.19. The van der Waals surface area contributed by atoms with Crippen molar-refractivity contribution >= 4 is 39.0 Å². The number of aromatic nitrogens is 3. The number of nitrogens with two attached hydrogens (primary N) is 1. The quantitative estimate of drug-likeness (QED) is 0.433. The third-order valence-corrected chi connectivity index (χ3v) is 5.88. The number of aryl methyl sites for hydroxylation is 1. The Morgan fingerprint density at radius 2 is 1.90 bits per heavy atom. The van der Waals surface area contributed by atoms with Gasteiger partial charge in [0.1, 0.15) is 11.9 Å². The van der Waals surface area contributed by atoms with Crippen molar-refractivity contribution in [1.82, 2.24) is 19.9 Å². The van der Waals surface area contributed by atoms with Crippen LogP contribution in [0.25, 0.3) is 15.9 Å². The highest BCUT2D eigenvalue weighted by Crippen LogP contribution is 2.26. The third-order valence-electron chi connectivity index (χ3n) is 4.87. The lowest BCUT2D eigenvalue weighted by Gasteiger charge is -2.16. The molecule has 156 valence electrons. The Hall–Kier alpha value is -3.85. The summed E-state index contributed by atoms with van der Waals surface area (Å²) in [7, 11) is 0. The fraction of sp³-hybridized carbons (Fsp3) is 0.136. The molecule has 0 aliphatic heterocycles. The van der Waals surface area contributed by atoms with Gasteiger partial charge >= 0.3 is 0 Å². The van der Waals surface area contributed by atoms with Gasteiger partial charge in [0.25, 0.3) is 11.8 Å². The molecule has 0 fully saturated rings. The average Bonchev–Trinajstić information content (AvgIpc) is 3.37. The summed E-state index contributed by atoms with van der Waals surface area (Å²) in [6.07, 6.45) is 3.29. The van der Waals surface area contributed by atoms with E-state index < -0.39 is 23.6 Å². The lowest BCUT2D eigenvalue weighted by atomic mass is 10.0. The van der Waals surface area contributed by atoms with Crippen LogP contribution in [0.4, 0.5) is 0 Å². The van der Waals surface area contributed by atoms with Gasteiger partial charge in [0, 0.05) is 29.2 Å². The molecule has 31 heavy (non-hydrogen) atoms. The highest BCUT2D eigenvalue weighted by atomic mass is 32.1. The van der Waals surface area contributed by atoms with Crippen molar-refractivity contribution in [2.24, 2.45) is 5.73 Å². The van der Waals surface area contributed by atoms with Gasteiger partial charge in [-0.1, -0.05) is 24.3 Å². The van der Waals surface area contributed by atoms with Gasteiger partial charge in [-0.15, -0.1) is 11.3 Å². The van der Waals surface area contributed by atoms with E-state index in [2.05, 4.69) is 15.3 Å². The standard InChI is InChI=1S/C22H19N5O3S/c1-13-11-25-21(27(13)18-8-4-5-9-24-18)22(30)26-16(19(28)20(23)29)10-14-12-31-17-7-3-2-6-15(14)17/h2-9,11-12,16H,10H2,1H3,(H2,23,29)(H,26,30). The van der Waals surface area contributed by atoms with Crippen molar-refractivity contribution in [2.75, 3.05) is 0 Å². The second kappa shape index (κ2) is 8.49. The lowest BCUT2D eigenvalue weighted by molar-refractivity contribution is -0.137. The van der Waals surface area contributed by atoms with Gasteiger partial charge in [-0.05, 0) is 41.5 Å². The molecular formula is C22H19N5O3S. The number of hydrogen-bond donors (Lipinski definition) is 2. The zero-order valence-corrected chi connectivity index (χ0v) is 17.4. The summed E-state index contributed by atoms with van der Waals surface area (Å²) in [5.74, 6) is -1.99. The van der Waals surface area contributed by atoms with E-state index in [-0.39, 0.29) is 12.2 Å². The lowest BCUT2D eigenvalue weighted by Crippen LogP contribution is -2.47. The number of amides is 2. The molecule has 1 aromatic carbocycles. The Bertz CT molecular complexity index is 1280. The molecule has 9 heteroatoms. The molecule has 0 bridgehead atoms. The minimum Gasteiger partial charge on any atom is -0.363 e. The van der Waals surface area contributed by atoms with Crippen molar-refractivity contribution in [3.8, 4) is 5.82 Å². The number of thiophene rings is 1. The maximum absolute atomic E-state index is 13.1. The van der Waals surface area contributed by atoms with Gasteiger partial charge in [-0.3, -0.25) is 19.0 Å². The fourth-order valence-corrected chi connectivity index (χ4v) is 4.36. The van der Waals surface area contributed by atoms with Crippen LogP contribution in [-0.2, 0) is 16.0 Å². The van der Waals surface area contributed by atoms with Crippen molar-refractivity contribution in [2.45, 2.75) is 19.4 Å². The van der Waals surface area contributed by atoms with E-state index in [4.69, 9.17) is 5.73 Å². The van der Waals surface area contributed by atoms with Crippen LogP contribution in [0.1, 0.15) is 21.9 Å². The van der Waals surface area contributed by atoms with E-state index in [1.54, 1.807) is 42.1 Å². The maximum Gasteiger partial charge on any atom is 0.288 e. The summed E-state index contributed by atoms with van der Waals surface area (Å²) < 4.78 is 2.64. The first-order valence-electron chi connectivity index (χ1n) is 9.51. The van der Waals surface area contributed by atoms with Gasteiger partial charge < -0.3 is 11.1 Å². The zero-order chi connectivity index (χ0) is 22.0. The monoisotopic (exact) mass is 433 g/mol. The zero-order valence-electron chi connectivity index (χ0n) is 16.6. The molecular weight excluding hydrogens is 414 g/mol. The molecule has 0 saturated carbocycles. The number of hydrogen-bond acceptors (Lipinski definition) is 6. The number of imidazole rings is 1. The second-order valence-corrected chi connectivity index (χ2v) is 7.87. The van der Waals surface area contributed by atoms with Crippen molar-refractivity contribution in [1.29, 1.82) is 0 Å². The van der Waals surface area contributed by atoms with Gasteiger partial charge in [0.2, 0.25) is 11.6 Å². The van der Waals surface area contributed by atoms with Crippen LogP contribution >= 0.6 is 11.3 Å². The van der Waals surface area contributed by atoms with Crippen molar-refractivity contribution < 1.29 is 14.4 Å². The van der Waals surface area contributed by atoms with Gasteiger partial charge in [0.15, 0.2) is 0 Å².